The number of hydrogen-bond donors (Lipinski definition) is 1. The van der Waals surface area contributed by atoms with Gasteiger partial charge in [-0.3, -0.25) is 20.2 Å². The van der Waals surface area contributed by atoms with Crippen molar-refractivity contribution in [1.29, 1.82) is 0 Å². The van der Waals surface area contributed by atoms with Gasteiger partial charge in [0.25, 0.3) is 23.2 Å². The number of hydrogen-bond acceptors (Lipinski definition) is 9. The van der Waals surface area contributed by atoms with Gasteiger partial charge in [-0.2, -0.15) is 0 Å². The molecule has 0 unspecified atom stereocenters. The fourth-order valence-electron chi connectivity index (χ4n) is 3.34. The summed E-state index contributed by atoms with van der Waals surface area (Å²) in [5.74, 6) is -4.81. The summed E-state index contributed by atoms with van der Waals surface area (Å²) in [5.41, 5.74) is -1.18. The lowest BCUT2D eigenvalue weighted by Crippen LogP contribution is -2.43. The first-order valence-corrected chi connectivity index (χ1v) is 12.3. The van der Waals surface area contributed by atoms with Gasteiger partial charge in [0.15, 0.2) is 0 Å². The molecular formula is C24H26Cl2F4N4O8. The molecule has 12 nitrogen and oxygen atoms in total. The number of rotatable bonds is 4. The van der Waals surface area contributed by atoms with Crippen LogP contribution in [-0.4, -0.2) is 64.3 Å². The van der Waals surface area contributed by atoms with Gasteiger partial charge in [-0.25, -0.2) is 27.2 Å². The van der Waals surface area contributed by atoms with E-state index in [1.54, 1.807) is 0 Å². The standard InChI is InChI=1S/C12H12F2N2O4.C7H4ClNO4.C5H9F2N.ClH/c13-12(14)5-7-15(8-6-12)11(17)20-10-3-1-9(2-4-10)16(18)19;8-7(10)13-6-3-1-5(2-4-6)9(11)12;6-5(7)1-3-8-4-2-5;/h1-4H,5-8H2;1-4H;8H,1-4H2;1H. The first-order chi connectivity index (χ1) is 19.2. The van der Waals surface area contributed by atoms with Crippen LogP contribution in [0.3, 0.4) is 0 Å². The lowest BCUT2D eigenvalue weighted by Gasteiger charge is -2.30. The molecule has 18 heteroatoms. The largest absolute Gasteiger partial charge is 0.415 e. The number of nitrogens with zero attached hydrogens (tertiary/aromatic N) is 3. The zero-order chi connectivity index (χ0) is 30.6. The maximum absolute atomic E-state index is 12.9. The molecule has 2 aliphatic heterocycles. The monoisotopic (exact) mass is 644 g/mol. The lowest BCUT2D eigenvalue weighted by atomic mass is 10.1. The Morgan fingerprint density at radius 3 is 1.48 bits per heavy atom. The molecule has 2 heterocycles. The van der Waals surface area contributed by atoms with Gasteiger partial charge in [0.2, 0.25) is 0 Å². The Balaban J connectivity index is 0.000000344. The highest BCUT2D eigenvalue weighted by Gasteiger charge is 2.36. The van der Waals surface area contributed by atoms with Crippen molar-refractivity contribution >= 4 is 46.9 Å². The molecule has 232 valence electrons. The van der Waals surface area contributed by atoms with Crippen molar-refractivity contribution in [2.45, 2.75) is 37.5 Å². The second kappa shape index (κ2) is 16.6. The van der Waals surface area contributed by atoms with Crippen LogP contribution < -0.4 is 14.8 Å². The van der Waals surface area contributed by atoms with E-state index in [-0.39, 0.29) is 74.1 Å². The predicted molar refractivity (Wildman–Crippen MR) is 144 cm³/mol. The molecule has 2 aromatic rings. The number of nitro benzene ring substituents is 2. The van der Waals surface area contributed by atoms with E-state index in [1.165, 1.54) is 53.4 Å². The third kappa shape index (κ3) is 13.3. The van der Waals surface area contributed by atoms with Gasteiger partial charge in [0.1, 0.15) is 11.5 Å². The number of carbonyl (C=O) groups excluding carboxylic acids is 2. The van der Waals surface area contributed by atoms with Crippen LogP contribution in [0.15, 0.2) is 48.5 Å². The maximum Gasteiger partial charge on any atom is 0.415 e. The molecule has 1 amide bonds. The molecule has 2 aromatic carbocycles. The van der Waals surface area contributed by atoms with Crippen molar-refractivity contribution in [3.05, 3.63) is 68.8 Å². The van der Waals surface area contributed by atoms with Crippen LogP contribution in [0.1, 0.15) is 25.7 Å². The molecule has 2 aliphatic rings. The second-order valence-electron chi connectivity index (χ2n) is 8.66. The van der Waals surface area contributed by atoms with Gasteiger partial charge in [-0.15, -0.1) is 12.4 Å². The van der Waals surface area contributed by atoms with Crippen LogP contribution in [0.4, 0.5) is 38.5 Å². The number of halogens is 6. The number of nitrogens with one attached hydrogen (secondary N) is 1. The number of amides is 1. The van der Waals surface area contributed by atoms with Crippen LogP contribution in [0.2, 0.25) is 0 Å². The molecule has 0 atom stereocenters. The van der Waals surface area contributed by atoms with E-state index in [2.05, 4.69) is 10.1 Å². The average Bonchev–Trinajstić information content (AvgIpc) is 2.89. The number of carbonyl (C=O) groups is 2. The Morgan fingerprint density at radius 2 is 1.14 bits per heavy atom. The summed E-state index contributed by atoms with van der Waals surface area (Å²) in [6.07, 6.45) is -1.49. The highest BCUT2D eigenvalue weighted by atomic mass is 35.5. The molecule has 0 aromatic heterocycles. The van der Waals surface area contributed by atoms with Gasteiger partial charge in [0.05, 0.1) is 9.85 Å². The molecule has 2 saturated heterocycles. The molecule has 4 rings (SSSR count). The third-order valence-corrected chi connectivity index (χ3v) is 5.66. The Hall–Kier alpha value is -3.76. The van der Waals surface area contributed by atoms with E-state index in [1.807, 2.05) is 0 Å². The zero-order valence-electron chi connectivity index (χ0n) is 21.7. The third-order valence-electron chi connectivity index (χ3n) is 5.59. The van der Waals surface area contributed by atoms with Crippen molar-refractivity contribution in [3.8, 4) is 11.5 Å². The van der Waals surface area contributed by atoms with Crippen LogP contribution >= 0.6 is 24.0 Å². The fraction of sp³-hybridized carbons (Fsp3) is 0.417. The summed E-state index contributed by atoms with van der Waals surface area (Å²) < 4.78 is 59.6. The quantitative estimate of drug-likeness (QED) is 0.168. The predicted octanol–water partition coefficient (Wildman–Crippen LogP) is 6.58. The average molecular weight is 645 g/mol. The Bertz CT molecular complexity index is 1190. The van der Waals surface area contributed by atoms with Crippen LogP contribution in [0.25, 0.3) is 0 Å². The van der Waals surface area contributed by atoms with E-state index < -0.39 is 33.2 Å². The molecule has 0 radical (unpaired) electrons. The summed E-state index contributed by atoms with van der Waals surface area (Å²) in [7, 11) is 0. The minimum absolute atomic E-state index is 0. The van der Waals surface area contributed by atoms with Crippen molar-refractivity contribution < 1.29 is 46.5 Å². The molecule has 0 spiro atoms. The van der Waals surface area contributed by atoms with Gasteiger partial charge in [0, 0.05) is 87.7 Å². The first kappa shape index (κ1) is 36.3. The van der Waals surface area contributed by atoms with Crippen molar-refractivity contribution in [1.82, 2.24) is 10.2 Å². The minimum atomic E-state index is -2.73. The number of alkyl halides is 4. The highest BCUT2D eigenvalue weighted by Crippen LogP contribution is 2.28. The maximum atomic E-state index is 12.9. The Morgan fingerprint density at radius 1 is 0.762 bits per heavy atom. The molecule has 0 saturated carbocycles. The lowest BCUT2D eigenvalue weighted by molar-refractivity contribution is -0.385. The SMILES string of the molecule is Cl.FC1(F)CCNCC1.O=C(Cl)Oc1ccc([N+](=O)[O-])cc1.O=C(Oc1ccc([N+](=O)[O-])cc1)N1CCC(F)(F)CC1. The molecule has 0 aliphatic carbocycles. The van der Waals surface area contributed by atoms with E-state index in [0.29, 0.717) is 13.1 Å². The van der Waals surface area contributed by atoms with Gasteiger partial charge < -0.3 is 19.7 Å². The van der Waals surface area contributed by atoms with E-state index in [4.69, 9.17) is 16.3 Å². The molecule has 1 N–H and O–H groups in total. The molecular weight excluding hydrogens is 619 g/mol. The summed E-state index contributed by atoms with van der Waals surface area (Å²) in [4.78, 5) is 42.7. The first-order valence-electron chi connectivity index (χ1n) is 12.0. The van der Waals surface area contributed by atoms with Crippen LogP contribution in [0.5, 0.6) is 11.5 Å². The number of ether oxygens (including phenoxy) is 2. The number of benzene rings is 2. The van der Waals surface area contributed by atoms with Crippen molar-refractivity contribution in [2.24, 2.45) is 0 Å². The molecule has 2 fully saturated rings. The van der Waals surface area contributed by atoms with E-state index >= 15 is 0 Å². The fourth-order valence-corrected chi connectivity index (χ4v) is 3.43. The van der Waals surface area contributed by atoms with Crippen molar-refractivity contribution in [3.63, 3.8) is 0 Å². The summed E-state index contributed by atoms with van der Waals surface area (Å²) in [5, 5.41) is 23.5. The van der Waals surface area contributed by atoms with Gasteiger partial charge in [-0.1, -0.05) is 0 Å². The number of likely N-dealkylation sites (tertiary alicyclic amines) is 1. The molecule has 0 bridgehead atoms. The highest BCUT2D eigenvalue weighted by molar-refractivity contribution is 6.61. The smallest absolute Gasteiger partial charge is 0.414 e. The second-order valence-corrected chi connectivity index (χ2v) is 8.97. The molecule has 42 heavy (non-hydrogen) atoms. The zero-order valence-corrected chi connectivity index (χ0v) is 23.3. The topological polar surface area (TPSA) is 154 Å². The summed E-state index contributed by atoms with van der Waals surface area (Å²) in [6, 6.07) is 9.99. The van der Waals surface area contributed by atoms with E-state index in [9.17, 15) is 47.4 Å². The van der Waals surface area contributed by atoms with E-state index in [0.717, 1.165) is 0 Å². The number of non-ortho nitro benzene ring substituents is 2. The van der Waals surface area contributed by atoms with Crippen LogP contribution in [-0.2, 0) is 0 Å². The summed E-state index contributed by atoms with van der Waals surface area (Å²) in [6.45, 7) is 0.789. The van der Waals surface area contributed by atoms with Gasteiger partial charge >= 0.3 is 11.5 Å². The number of piperidine rings is 2. The summed E-state index contributed by atoms with van der Waals surface area (Å²) >= 11 is 4.92. The minimum Gasteiger partial charge on any atom is -0.414 e. The van der Waals surface area contributed by atoms with Gasteiger partial charge in [-0.05, 0) is 24.3 Å². The number of nitro groups is 2. The normalized spacial score (nSPS) is 16.5. The van der Waals surface area contributed by atoms with Crippen LogP contribution in [0, 0.1) is 20.2 Å². The van der Waals surface area contributed by atoms with Crippen molar-refractivity contribution in [2.75, 3.05) is 26.2 Å². The Labute approximate surface area is 247 Å². The Kier molecular flexibility index (Phi) is 14.4.